The van der Waals surface area contributed by atoms with Gasteiger partial charge in [0.1, 0.15) is 23.1 Å². The van der Waals surface area contributed by atoms with Gasteiger partial charge < -0.3 is 5.73 Å². The number of nitrogens with two attached hydrogens (primary N) is 1. The first-order chi connectivity index (χ1) is 9.97. The lowest BCUT2D eigenvalue weighted by atomic mass is 10.2. The minimum absolute atomic E-state index is 0.0490. The van der Waals surface area contributed by atoms with Gasteiger partial charge in [-0.15, -0.1) is 0 Å². The Bertz CT molecular complexity index is 862. The quantitative estimate of drug-likeness (QED) is 0.782. The lowest BCUT2D eigenvalue weighted by molar-refractivity contribution is 0.577. The highest BCUT2D eigenvalue weighted by atomic mass is 19.1. The van der Waals surface area contributed by atoms with Gasteiger partial charge in [0, 0.05) is 12.3 Å². The molecule has 0 saturated carbocycles. The molecular formula is C14H12F2N4O. The van der Waals surface area contributed by atoms with Crippen LogP contribution < -0.4 is 11.4 Å². The van der Waals surface area contributed by atoms with E-state index < -0.39 is 23.4 Å². The molecule has 108 valence electrons. The smallest absolute Gasteiger partial charge is 0.322 e. The molecule has 1 aromatic carbocycles. The van der Waals surface area contributed by atoms with Gasteiger partial charge in [-0.2, -0.15) is 0 Å². The van der Waals surface area contributed by atoms with E-state index in [0.29, 0.717) is 5.65 Å². The van der Waals surface area contributed by atoms with Gasteiger partial charge in [-0.25, -0.2) is 23.1 Å². The number of benzene rings is 1. The predicted molar refractivity (Wildman–Crippen MR) is 73.3 cm³/mol. The summed E-state index contributed by atoms with van der Waals surface area (Å²) in [6.07, 6.45) is 1.53. The van der Waals surface area contributed by atoms with Crippen LogP contribution in [0.2, 0.25) is 0 Å². The summed E-state index contributed by atoms with van der Waals surface area (Å²) in [5.74, 6) is -1.32. The van der Waals surface area contributed by atoms with Crippen LogP contribution >= 0.6 is 0 Å². The minimum Gasteiger partial charge on any atom is -0.322 e. The Balaban J connectivity index is 2.41. The van der Waals surface area contributed by atoms with E-state index in [2.05, 4.69) is 4.98 Å². The Morgan fingerprint density at radius 3 is 2.52 bits per heavy atom. The summed E-state index contributed by atoms with van der Waals surface area (Å²) in [4.78, 5) is 16.8. The summed E-state index contributed by atoms with van der Waals surface area (Å²) in [5.41, 5.74) is 5.83. The van der Waals surface area contributed by atoms with Crippen molar-refractivity contribution in [1.29, 1.82) is 0 Å². The van der Waals surface area contributed by atoms with Gasteiger partial charge in [0.25, 0.3) is 0 Å². The third-order valence-corrected chi connectivity index (χ3v) is 3.10. The van der Waals surface area contributed by atoms with Crippen molar-refractivity contribution >= 4 is 5.65 Å². The van der Waals surface area contributed by atoms with Gasteiger partial charge in [0.2, 0.25) is 0 Å². The Kier molecular flexibility index (Phi) is 3.06. The lowest BCUT2D eigenvalue weighted by Gasteiger charge is -2.15. The van der Waals surface area contributed by atoms with Crippen LogP contribution in [0.4, 0.5) is 8.78 Å². The average Bonchev–Trinajstić information content (AvgIpc) is 2.85. The van der Waals surface area contributed by atoms with E-state index in [9.17, 15) is 13.6 Å². The summed E-state index contributed by atoms with van der Waals surface area (Å²) in [6, 6.07) is 5.60. The van der Waals surface area contributed by atoms with E-state index in [1.807, 2.05) is 0 Å². The molecule has 3 aromatic rings. The molecule has 2 aromatic heterocycles. The largest absolute Gasteiger partial charge is 0.339 e. The van der Waals surface area contributed by atoms with Crippen molar-refractivity contribution in [2.75, 3.05) is 0 Å². The predicted octanol–water partition coefficient (Wildman–Crippen LogP) is 1.78. The average molecular weight is 290 g/mol. The fraction of sp³-hybridized carbons (Fsp3) is 0.143. The molecule has 21 heavy (non-hydrogen) atoms. The van der Waals surface area contributed by atoms with Gasteiger partial charge in [0.15, 0.2) is 0 Å². The highest BCUT2D eigenvalue weighted by molar-refractivity contribution is 5.41. The van der Waals surface area contributed by atoms with E-state index in [-0.39, 0.29) is 11.5 Å². The fourth-order valence-corrected chi connectivity index (χ4v) is 2.21. The molecule has 3 rings (SSSR count). The monoisotopic (exact) mass is 290 g/mol. The molecule has 7 heteroatoms. The first kappa shape index (κ1) is 13.4. The van der Waals surface area contributed by atoms with Crippen LogP contribution in [0.5, 0.6) is 0 Å². The molecule has 0 spiro atoms. The van der Waals surface area contributed by atoms with Gasteiger partial charge in [-0.1, -0.05) is 0 Å². The second-order valence-corrected chi connectivity index (χ2v) is 4.74. The molecule has 0 aliphatic heterocycles. The minimum atomic E-state index is -0.778. The summed E-state index contributed by atoms with van der Waals surface area (Å²) >= 11 is 0. The third kappa shape index (κ3) is 2.21. The second kappa shape index (κ2) is 4.78. The molecule has 0 saturated heterocycles. The van der Waals surface area contributed by atoms with Gasteiger partial charge >= 0.3 is 5.69 Å². The zero-order valence-corrected chi connectivity index (χ0v) is 11.1. The molecule has 0 amide bonds. The van der Waals surface area contributed by atoms with Crippen LogP contribution in [0, 0.1) is 11.6 Å². The van der Waals surface area contributed by atoms with E-state index >= 15 is 0 Å². The Hall–Kier alpha value is -2.54. The Morgan fingerprint density at radius 2 is 1.90 bits per heavy atom. The maximum absolute atomic E-state index is 13.4. The molecule has 0 aliphatic carbocycles. The molecule has 2 N–H and O–H groups in total. The summed E-state index contributed by atoms with van der Waals surface area (Å²) in [5, 5.41) is 0. The fourth-order valence-electron chi connectivity index (χ4n) is 2.21. The maximum atomic E-state index is 13.4. The van der Waals surface area contributed by atoms with E-state index in [4.69, 9.17) is 5.73 Å². The van der Waals surface area contributed by atoms with Crippen LogP contribution in [0.3, 0.4) is 0 Å². The molecule has 5 nitrogen and oxygen atoms in total. The van der Waals surface area contributed by atoms with Crippen molar-refractivity contribution in [2.24, 2.45) is 5.73 Å². The maximum Gasteiger partial charge on any atom is 0.339 e. The highest BCUT2D eigenvalue weighted by Gasteiger charge is 2.16. The van der Waals surface area contributed by atoms with Crippen LogP contribution in [-0.2, 0) is 0 Å². The van der Waals surface area contributed by atoms with Gasteiger partial charge in [0.05, 0.1) is 11.7 Å². The van der Waals surface area contributed by atoms with Crippen molar-refractivity contribution in [3.05, 3.63) is 64.5 Å². The molecule has 1 atom stereocenters. The van der Waals surface area contributed by atoms with E-state index in [1.54, 1.807) is 19.1 Å². The molecule has 0 bridgehead atoms. The molecule has 2 heterocycles. The first-order valence-electron chi connectivity index (χ1n) is 6.29. The van der Waals surface area contributed by atoms with Crippen molar-refractivity contribution in [3.8, 4) is 5.69 Å². The van der Waals surface area contributed by atoms with Crippen molar-refractivity contribution in [3.63, 3.8) is 0 Å². The number of halogens is 2. The summed E-state index contributed by atoms with van der Waals surface area (Å²) < 4.78 is 29.2. The van der Waals surface area contributed by atoms with Crippen LogP contribution in [0.1, 0.15) is 18.8 Å². The Morgan fingerprint density at radius 1 is 1.24 bits per heavy atom. The topological polar surface area (TPSA) is 65.3 Å². The van der Waals surface area contributed by atoms with Gasteiger partial charge in [-0.05, 0) is 31.2 Å². The molecule has 0 aliphatic rings. The zero-order valence-electron chi connectivity index (χ0n) is 11.1. The number of aromatic nitrogens is 3. The number of hydrogen-bond donors (Lipinski definition) is 1. The zero-order chi connectivity index (χ0) is 15.1. The second-order valence-electron chi connectivity index (χ2n) is 4.74. The Labute approximate surface area is 118 Å². The van der Waals surface area contributed by atoms with Crippen LogP contribution in [0.15, 0.2) is 41.3 Å². The SMILES string of the molecule is C[C@H](N)c1nc2cccn2c(=O)n1-c1cc(F)cc(F)c1. The van der Waals surface area contributed by atoms with Crippen molar-refractivity contribution < 1.29 is 8.78 Å². The van der Waals surface area contributed by atoms with E-state index in [0.717, 1.165) is 22.8 Å². The number of fused-ring (bicyclic) bond motifs is 1. The molecular weight excluding hydrogens is 278 g/mol. The van der Waals surface area contributed by atoms with Crippen molar-refractivity contribution in [2.45, 2.75) is 13.0 Å². The highest BCUT2D eigenvalue weighted by Crippen LogP contribution is 2.16. The first-order valence-corrected chi connectivity index (χ1v) is 6.29. The lowest BCUT2D eigenvalue weighted by Crippen LogP contribution is -2.31. The summed E-state index contributed by atoms with van der Waals surface area (Å²) in [6.45, 7) is 1.65. The molecule has 0 unspecified atom stereocenters. The van der Waals surface area contributed by atoms with E-state index in [1.165, 1.54) is 10.6 Å². The third-order valence-electron chi connectivity index (χ3n) is 3.10. The summed E-state index contributed by atoms with van der Waals surface area (Å²) in [7, 11) is 0. The molecule has 0 fully saturated rings. The number of hydrogen-bond acceptors (Lipinski definition) is 3. The van der Waals surface area contributed by atoms with Crippen LogP contribution in [0.25, 0.3) is 11.3 Å². The normalized spacial score (nSPS) is 12.8. The number of rotatable bonds is 2. The standard InChI is InChI=1S/C14H12F2N4O/c1-8(17)13-18-12-3-2-4-19(12)14(21)20(13)11-6-9(15)5-10(16)7-11/h2-8H,17H2,1H3/t8-/m0/s1. The van der Waals surface area contributed by atoms with Crippen molar-refractivity contribution in [1.82, 2.24) is 14.0 Å². The van der Waals surface area contributed by atoms with Crippen LogP contribution in [-0.4, -0.2) is 14.0 Å². The molecule has 0 radical (unpaired) electrons. The van der Waals surface area contributed by atoms with Gasteiger partial charge in [-0.3, -0.25) is 4.40 Å². The number of nitrogens with zero attached hydrogens (tertiary/aromatic N) is 3.